The second-order valence-corrected chi connectivity index (χ2v) is 5.55. The van der Waals surface area contributed by atoms with Crippen LogP contribution in [0.1, 0.15) is 24.0 Å². The molecular formula is C18H21FN2. The number of benzene rings is 2. The van der Waals surface area contributed by atoms with E-state index in [9.17, 15) is 4.39 Å². The Morgan fingerprint density at radius 3 is 2.38 bits per heavy atom. The lowest BCUT2D eigenvalue weighted by molar-refractivity contribution is 0.625. The lowest BCUT2D eigenvalue weighted by Crippen LogP contribution is -2.21. The Hall–Kier alpha value is -1.87. The molecule has 110 valence electrons. The van der Waals surface area contributed by atoms with Crippen molar-refractivity contribution < 1.29 is 4.39 Å². The van der Waals surface area contributed by atoms with Crippen LogP contribution in [-0.4, -0.2) is 13.1 Å². The number of anilines is 1. The highest BCUT2D eigenvalue weighted by Crippen LogP contribution is 2.24. The third-order valence-electron chi connectivity index (χ3n) is 4.00. The van der Waals surface area contributed by atoms with Gasteiger partial charge in [0.05, 0.1) is 0 Å². The van der Waals surface area contributed by atoms with E-state index in [1.165, 1.54) is 36.2 Å². The van der Waals surface area contributed by atoms with E-state index < -0.39 is 0 Å². The van der Waals surface area contributed by atoms with Gasteiger partial charge >= 0.3 is 0 Å². The number of rotatable bonds is 5. The van der Waals surface area contributed by atoms with Crippen molar-refractivity contribution in [3.05, 3.63) is 65.5 Å². The van der Waals surface area contributed by atoms with Crippen molar-refractivity contribution in [3.8, 4) is 0 Å². The molecule has 1 heterocycles. The van der Waals surface area contributed by atoms with E-state index in [4.69, 9.17) is 0 Å². The Balaban J connectivity index is 1.61. The first-order valence-electron chi connectivity index (χ1n) is 7.61. The van der Waals surface area contributed by atoms with E-state index in [0.29, 0.717) is 0 Å². The molecule has 2 nitrogen and oxygen atoms in total. The molecule has 1 aliphatic heterocycles. The van der Waals surface area contributed by atoms with Gasteiger partial charge in [0, 0.05) is 31.9 Å². The zero-order valence-electron chi connectivity index (χ0n) is 12.2. The zero-order valence-corrected chi connectivity index (χ0v) is 12.2. The summed E-state index contributed by atoms with van der Waals surface area (Å²) in [5.41, 5.74) is 3.79. The van der Waals surface area contributed by atoms with E-state index in [1.54, 1.807) is 0 Å². The van der Waals surface area contributed by atoms with Gasteiger partial charge in [-0.05, 0) is 42.2 Å². The molecule has 0 unspecified atom stereocenters. The fourth-order valence-electron chi connectivity index (χ4n) is 2.87. The van der Waals surface area contributed by atoms with Gasteiger partial charge in [-0.15, -0.1) is 0 Å². The average molecular weight is 284 g/mol. The fraction of sp³-hybridized carbons (Fsp3) is 0.333. The van der Waals surface area contributed by atoms with Gasteiger partial charge in [-0.3, -0.25) is 0 Å². The van der Waals surface area contributed by atoms with E-state index >= 15 is 0 Å². The van der Waals surface area contributed by atoms with Gasteiger partial charge < -0.3 is 10.2 Å². The highest BCUT2D eigenvalue weighted by molar-refractivity contribution is 5.54. The molecule has 2 aromatic rings. The van der Waals surface area contributed by atoms with Gasteiger partial charge in [0.15, 0.2) is 0 Å². The van der Waals surface area contributed by atoms with Crippen molar-refractivity contribution in [1.29, 1.82) is 0 Å². The summed E-state index contributed by atoms with van der Waals surface area (Å²) in [6, 6.07) is 15.3. The van der Waals surface area contributed by atoms with Gasteiger partial charge in [-0.1, -0.05) is 30.3 Å². The molecule has 3 heteroatoms. The normalized spacial score (nSPS) is 14.6. The van der Waals surface area contributed by atoms with Gasteiger partial charge in [-0.2, -0.15) is 0 Å². The van der Waals surface area contributed by atoms with Crippen LogP contribution in [0.5, 0.6) is 0 Å². The first-order valence-corrected chi connectivity index (χ1v) is 7.61. The van der Waals surface area contributed by atoms with Crippen molar-refractivity contribution in [2.45, 2.75) is 25.9 Å². The zero-order chi connectivity index (χ0) is 14.5. The second kappa shape index (κ2) is 6.72. The van der Waals surface area contributed by atoms with Crippen LogP contribution in [0, 0.1) is 5.82 Å². The lowest BCUT2D eigenvalue weighted by Gasteiger charge is -2.21. The minimum atomic E-state index is -0.182. The number of nitrogens with zero attached hydrogens (tertiary/aromatic N) is 1. The molecule has 21 heavy (non-hydrogen) atoms. The minimum absolute atomic E-state index is 0.182. The van der Waals surface area contributed by atoms with Gasteiger partial charge in [-0.25, -0.2) is 4.39 Å². The summed E-state index contributed by atoms with van der Waals surface area (Å²) in [6.07, 6.45) is 2.58. The van der Waals surface area contributed by atoms with Crippen molar-refractivity contribution in [3.63, 3.8) is 0 Å². The Morgan fingerprint density at radius 2 is 1.62 bits per heavy atom. The fourth-order valence-corrected chi connectivity index (χ4v) is 2.87. The summed E-state index contributed by atoms with van der Waals surface area (Å²) in [4.78, 5) is 2.47. The molecule has 0 radical (unpaired) electrons. The predicted molar refractivity (Wildman–Crippen MR) is 84.8 cm³/mol. The molecule has 1 saturated heterocycles. The molecule has 0 aliphatic carbocycles. The highest BCUT2D eigenvalue weighted by atomic mass is 19.1. The molecule has 1 aliphatic rings. The van der Waals surface area contributed by atoms with Gasteiger partial charge in [0.2, 0.25) is 0 Å². The van der Waals surface area contributed by atoms with E-state index in [-0.39, 0.29) is 5.82 Å². The lowest BCUT2D eigenvalue weighted by atomic mass is 10.1. The molecule has 1 fully saturated rings. The molecule has 0 spiro atoms. The predicted octanol–water partition coefficient (Wildman–Crippen LogP) is 3.72. The maximum atomic E-state index is 12.9. The standard InChI is InChI=1S/C18H21FN2/c19-17-9-7-15(8-10-17)13-20-14-16-5-1-2-6-18(16)21-11-3-4-12-21/h1-2,5-10,20H,3-4,11-14H2. The molecule has 0 saturated carbocycles. The van der Waals surface area contributed by atoms with Crippen LogP contribution >= 0.6 is 0 Å². The Labute approximate surface area is 125 Å². The summed E-state index contributed by atoms with van der Waals surface area (Å²) < 4.78 is 12.9. The number of nitrogens with one attached hydrogen (secondary N) is 1. The maximum absolute atomic E-state index is 12.9. The van der Waals surface area contributed by atoms with E-state index in [1.807, 2.05) is 12.1 Å². The van der Waals surface area contributed by atoms with E-state index in [0.717, 1.165) is 31.7 Å². The molecule has 2 aromatic carbocycles. The van der Waals surface area contributed by atoms with Crippen LogP contribution in [0.15, 0.2) is 48.5 Å². The SMILES string of the molecule is Fc1ccc(CNCc2ccccc2N2CCCC2)cc1. The minimum Gasteiger partial charge on any atom is -0.371 e. The van der Waals surface area contributed by atoms with Crippen molar-refractivity contribution in [2.75, 3.05) is 18.0 Å². The Morgan fingerprint density at radius 1 is 0.905 bits per heavy atom. The molecule has 0 aromatic heterocycles. The van der Waals surface area contributed by atoms with Gasteiger partial charge in [0.25, 0.3) is 0 Å². The third kappa shape index (κ3) is 3.61. The summed E-state index contributed by atoms with van der Waals surface area (Å²) in [6.45, 7) is 3.92. The quantitative estimate of drug-likeness (QED) is 0.900. The number of hydrogen-bond donors (Lipinski definition) is 1. The van der Waals surface area contributed by atoms with Gasteiger partial charge in [0.1, 0.15) is 5.82 Å². The first kappa shape index (κ1) is 14.1. The molecule has 3 rings (SSSR count). The molecular weight excluding hydrogens is 263 g/mol. The molecule has 0 amide bonds. The van der Waals surface area contributed by atoms with Crippen LogP contribution in [0.25, 0.3) is 0 Å². The third-order valence-corrected chi connectivity index (χ3v) is 4.00. The van der Waals surface area contributed by atoms with Crippen LogP contribution < -0.4 is 10.2 Å². The number of hydrogen-bond acceptors (Lipinski definition) is 2. The van der Waals surface area contributed by atoms with Crippen LogP contribution in [0.4, 0.5) is 10.1 Å². The summed E-state index contributed by atoms with van der Waals surface area (Å²) in [5.74, 6) is -0.182. The highest BCUT2D eigenvalue weighted by Gasteiger charge is 2.14. The first-order chi connectivity index (χ1) is 10.3. The van der Waals surface area contributed by atoms with Crippen LogP contribution in [0.2, 0.25) is 0 Å². The number of para-hydroxylation sites is 1. The second-order valence-electron chi connectivity index (χ2n) is 5.55. The van der Waals surface area contributed by atoms with Crippen LogP contribution in [0.3, 0.4) is 0 Å². The summed E-state index contributed by atoms with van der Waals surface area (Å²) in [5, 5.41) is 3.45. The maximum Gasteiger partial charge on any atom is 0.123 e. The summed E-state index contributed by atoms with van der Waals surface area (Å²) in [7, 11) is 0. The summed E-state index contributed by atoms with van der Waals surface area (Å²) >= 11 is 0. The largest absolute Gasteiger partial charge is 0.371 e. The Bertz CT molecular complexity index is 574. The molecule has 0 bridgehead atoms. The molecule has 1 N–H and O–H groups in total. The average Bonchev–Trinajstić information content (AvgIpc) is 3.04. The molecule has 0 atom stereocenters. The smallest absolute Gasteiger partial charge is 0.123 e. The monoisotopic (exact) mass is 284 g/mol. The van der Waals surface area contributed by atoms with Crippen LogP contribution in [-0.2, 0) is 13.1 Å². The van der Waals surface area contributed by atoms with E-state index in [2.05, 4.69) is 34.5 Å². The van der Waals surface area contributed by atoms with Crippen molar-refractivity contribution >= 4 is 5.69 Å². The Kier molecular flexibility index (Phi) is 4.51. The number of halogens is 1. The van der Waals surface area contributed by atoms with Crippen molar-refractivity contribution in [1.82, 2.24) is 5.32 Å². The van der Waals surface area contributed by atoms with Crippen molar-refractivity contribution in [2.24, 2.45) is 0 Å². The topological polar surface area (TPSA) is 15.3 Å².